The van der Waals surface area contributed by atoms with E-state index in [-0.39, 0.29) is 5.91 Å². The number of aryl methyl sites for hydroxylation is 2. The summed E-state index contributed by atoms with van der Waals surface area (Å²) in [4.78, 5) is 19.6. The molecule has 0 bridgehead atoms. The van der Waals surface area contributed by atoms with Gasteiger partial charge in [-0.05, 0) is 57.4 Å². The number of hydrogen-bond acceptors (Lipinski definition) is 3. The van der Waals surface area contributed by atoms with Crippen LogP contribution in [0.25, 0.3) is 0 Å². The highest BCUT2D eigenvalue weighted by atomic mass is 16.2. The largest absolute Gasteiger partial charge is 0.342 e. The van der Waals surface area contributed by atoms with Crippen LogP contribution in [0.2, 0.25) is 0 Å². The van der Waals surface area contributed by atoms with Gasteiger partial charge in [0.1, 0.15) is 5.82 Å². The zero-order chi connectivity index (χ0) is 19.0. The van der Waals surface area contributed by atoms with E-state index in [0.717, 1.165) is 50.5 Å². The van der Waals surface area contributed by atoms with Crippen LogP contribution in [0.4, 0.5) is 0 Å². The molecule has 146 valence electrons. The van der Waals surface area contributed by atoms with Gasteiger partial charge in [-0.25, -0.2) is 4.98 Å². The third-order valence-electron chi connectivity index (χ3n) is 6.29. The van der Waals surface area contributed by atoms with Gasteiger partial charge < -0.3 is 9.47 Å². The van der Waals surface area contributed by atoms with Gasteiger partial charge in [-0.1, -0.05) is 0 Å². The summed E-state index contributed by atoms with van der Waals surface area (Å²) in [5, 5.41) is 4.47. The molecule has 0 radical (unpaired) electrons. The molecule has 1 aliphatic carbocycles. The van der Waals surface area contributed by atoms with E-state index in [2.05, 4.69) is 32.7 Å². The molecule has 3 heterocycles. The van der Waals surface area contributed by atoms with E-state index in [1.807, 2.05) is 24.9 Å². The van der Waals surface area contributed by atoms with Gasteiger partial charge in [-0.3, -0.25) is 9.48 Å². The van der Waals surface area contributed by atoms with E-state index in [4.69, 9.17) is 0 Å². The molecule has 1 atom stereocenters. The molecule has 0 unspecified atom stereocenters. The quantitative estimate of drug-likeness (QED) is 0.787. The number of carbonyl (C=O) groups is 1. The fourth-order valence-electron chi connectivity index (χ4n) is 4.40. The average molecular weight is 370 g/mol. The van der Waals surface area contributed by atoms with Gasteiger partial charge in [0, 0.05) is 57.1 Å². The Labute approximate surface area is 161 Å². The maximum Gasteiger partial charge on any atom is 0.222 e. The Morgan fingerprint density at radius 3 is 2.78 bits per heavy atom. The zero-order valence-corrected chi connectivity index (χ0v) is 16.8. The molecule has 1 amide bonds. The van der Waals surface area contributed by atoms with Gasteiger partial charge in [0.25, 0.3) is 0 Å². The lowest BCUT2D eigenvalue weighted by molar-refractivity contribution is -0.132. The molecule has 2 fully saturated rings. The average Bonchev–Trinajstić information content (AvgIpc) is 3.29. The van der Waals surface area contributed by atoms with Crippen LogP contribution in [0.15, 0.2) is 12.4 Å². The van der Waals surface area contributed by atoms with Crippen LogP contribution in [0, 0.1) is 19.8 Å². The summed E-state index contributed by atoms with van der Waals surface area (Å²) in [7, 11) is 1.96. The van der Waals surface area contributed by atoms with E-state index in [1.54, 1.807) is 0 Å². The fraction of sp³-hybridized carbons (Fsp3) is 0.667. The first-order valence-electron chi connectivity index (χ1n) is 10.3. The molecule has 1 saturated carbocycles. The molecule has 1 aliphatic heterocycles. The monoisotopic (exact) mass is 369 g/mol. The number of likely N-dealkylation sites (tertiary alicyclic amines) is 1. The fourth-order valence-corrected chi connectivity index (χ4v) is 4.40. The molecule has 6 heteroatoms. The highest BCUT2D eigenvalue weighted by Crippen LogP contribution is 2.33. The standard InChI is InChI=1S/C21H31N5O/c1-15-19(16(2)24(3)23-15)8-9-20(27)25-11-4-5-18(14-25)21-22-10-12-26(21)13-17-6-7-17/h10,12,17-18H,4-9,11,13-14H2,1-3H3/t18-/m0/s1. The number of piperidine rings is 1. The Balaban J connectivity index is 1.37. The second-order valence-electron chi connectivity index (χ2n) is 8.33. The maximum absolute atomic E-state index is 12.9. The first-order valence-corrected chi connectivity index (χ1v) is 10.3. The van der Waals surface area contributed by atoms with E-state index in [0.29, 0.717) is 12.3 Å². The minimum atomic E-state index is 0.266. The molecule has 2 aromatic rings. The van der Waals surface area contributed by atoms with E-state index < -0.39 is 0 Å². The zero-order valence-electron chi connectivity index (χ0n) is 16.8. The summed E-state index contributed by atoms with van der Waals surface area (Å²) in [6, 6.07) is 0. The van der Waals surface area contributed by atoms with Crippen LogP contribution in [0.3, 0.4) is 0 Å². The first-order chi connectivity index (χ1) is 13.0. The molecule has 4 rings (SSSR count). The van der Waals surface area contributed by atoms with Crippen LogP contribution in [0.1, 0.15) is 60.8 Å². The SMILES string of the molecule is Cc1nn(C)c(C)c1CCC(=O)N1CCC[C@H](c2nccn2CC2CC2)C1. The number of hydrogen-bond donors (Lipinski definition) is 0. The molecular weight excluding hydrogens is 338 g/mol. The molecule has 27 heavy (non-hydrogen) atoms. The van der Waals surface area contributed by atoms with Crippen molar-refractivity contribution >= 4 is 5.91 Å². The molecule has 0 spiro atoms. The summed E-state index contributed by atoms with van der Waals surface area (Å²) in [6.07, 6.45) is 10.3. The summed E-state index contributed by atoms with van der Waals surface area (Å²) < 4.78 is 4.24. The number of nitrogens with zero attached hydrogens (tertiary/aromatic N) is 5. The molecule has 2 aromatic heterocycles. The van der Waals surface area contributed by atoms with Crippen molar-refractivity contribution in [3.63, 3.8) is 0 Å². The Morgan fingerprint density at radius 2 is 2.07 bits per heavy atom. The molecule has 6 nitrogen and oxygen atoms in total. The Bertz CT molecular complexity index is 817. The third-order valence-corrected chi connectivity index (χ3v) is 6.29. The predicted molar refractivity (Wildman–Crippen MR) is 105 cm³/mol. The van der Waals surface area contributed by atoms with E-state index in [9.17, 15) is 4.79 Å². The molecule has 0 aromatic carbocycles. The van der Waals surface area contributed by atoms with Gasteiger partial charge in [0.05, 0.1) is 5.69 Å². The number of aromatic nitrogens is 4. The topological polar surface area (TPSA) is 56.0 Å². The lowest BCUT2D eigenvalue weighted by Gasteiger charge is -2.33. The maximum atomic E-state index is 12.9. The van der Waals surface area contributed by atoms with E-state index >= 15 is 0 Å². The van der Waals surface area contributed by atoms with E-state index in [1.165, 1.54) is 29.9 Å². The Morgan fingerprint density at radius 1 is 1.26 bits per heavy atom. The summed E-state index contributed by atoms with van der Waals surface area (Å²) in [5.74, 6) is 2.66. The first kappa shape index (κ1) is 18.3. The van der Waals surface area contributed by atoms with Crippen LogP contribution in [-0.2, 0) is 24.8 Å². The number of rotatable bonds is 6. The van der Waals surface area contributed by atoms with Crippen molar-refractivity contribution in [3.8, 4) is 0 Å². The highest BCUT2D eigenvalue weighted by molar-refractivity contribution is 5.76. The van der Waals surface area contributed by atoms with Gasteiger partial charge in [-0.2, -0.15) is 5.10 Å². The van der Waals surface area contributed by atoms with Gasteiger partial charge in [0.15, 0.2) is 0 Å². The Hall–Kier alpha value is -2.11. The lowest BCUT2D eigenvalue weighted by atomic mass is 9.96. The van der Waals surface area contributed by atoms with Crippen molar-refractivity contribution < 1.29 is 4.79 Å². The molecule has 0 N–H and O–H groups in total. The number of carbonyl (C=O) groups excluding carboxylic acids is 1. The summed E-state index contributed by atoms with van der Waals surface area (Å²) >= 11 is 0. The van der Waals surface area contributed by atoms with Crippen LogP contribution in [-0.4, -0.2) is 43.2 Å². The van der Waals surface area contributed by atoms with Crippen molar-refractivity contribution in [2.45, 2.75) is 64.8 Å². The smallest absolute Gasteiger partial charge is 0.222 e. The predicted octanol–water partition coefficient (Wildman–Crippen LogP) is 2.98. The van der Waals surface area contributed by atoms with Crippen molar-refractivity contribution in [2.75, 3.05) is 13.1 Å². The molecule has 1 saturated heterocycles. The second kappa shape index (κ2) is 7.49. The second-order valence-corrected chi connectivity index (χ2v) is 8.33. The third kappa shape index (κ3) is 3.94. The summed E-state index contributed by atoms with van der Waals surface area (Å²) in [5.41, 5.74) is 3.43. The van der Waals surface area contributed by atoms with Gasteiger partial charge in [0.2, 0.25) is 5.91 Å². The van der Waals surface area contributed by atoms with Gasteiger partial charge in [-0.15, -0.1) is 0 Å². The van der Waals surface area contributed by atoms with Crippen molar-refractivity contribution in [1.29, 1.82) is 0 Å². The molecular formula is C21H31N5O. The Kier molecular flexibility index (Phi) is 5.06. The van der Waals surface area contributed by atoms with Crippen molar-refractivity contribution in [3.05, 3.63) is 35.2 Å². The van der Waals surface area contributed by atoms with Crippen LogP contribution in [0.5, 0.6) is 0 Å². The van der Waals surface area contributed by atoms with Crippen LogP contribution < -0.4 is 0 Å². The van der Waals surface area contributed by atoms with Crippen LogP contribution >= 0.6 is 0 Å². The number of amides is 1. The van der Waals surface area contributed by atoms with Crippen molar-refractivity contribution in [2.24, 2.45) is 13.0 Å². The minimum Gasteiger partial charge on any atom is -0.342 e. The molecule has 2 aliphatic rings. The summed E-state index contributed by atoms with van der Waals surface area (Å²) in [6.45, 7) is 6.90. The lowest BCUT2D eigenvalue weighted by Crippen LogP contribution is -2.40. The van der Waals surface area contributed by atoms with Gasteiger partial charge >= 0.3 is 0 Å². The normalized spacial score (nSPS) is 20.3. The minimum absolute atomic E-state index is 0.266. The number of imidazole rings is 1. The highest BCUT2D eigenvalue weighted by Gasteiger charge is 2.29. The van der Waals surface area contributed by atoms with Crippen molar-refractivity contribution in [1.82, 2.24) is 24.2 Å².